The van der Waals surface area contributed by atoms with Crippen LogP contribution in [0.15, 0.2) is 0 Å². The van der Waals surface area contributed by atoms with E-state index in [1.807, 2.05) is 0 Å². The van der Waals surface area contributed by atoms with E-state index in [-0.39, 0.29) is 103 Å². The third-order valence-corrected chi connectivity index (χ3v) is 2.76. The Hall–Kier alpha value is 3.57. The first-order chi connectivity index (χ1) is 7.04. The van der Waals surface area contributed by atoms with Crippen molar-refractivity contribution >= 4 is 16.5 Å². The van der Waals surface area contributed by atoms with Crippen LogP contribution < -0.4 is 113 Å². The van der Waals surface area contributed by atoms with Gasteiger partial charge < -0.3 is 24.0 Å². The molecule has 6 nitrogen and oxygen atoms in total. The van der Waals surface area contributed by atoms with Gasteiger partial charge in [0.2, 0.25) is 0 Å². The molecule has 0 heterocycles. The second-order valence-electron chi connectivity index (χ2n) is 2.74. The molecule has 0 amide bonds. The summed E-state index contributed by atoms with van der Waals surface area (Å²) in [5.41, 5.74) is 0. The Balaban J connectivity index is -0.0000000896. The molecular formula is C7H18K2O6P2. The minimum Gasteiger partial charge on any atom is -0.781 e. The van der Waals surface area contributed by atoms with Gasteiger partial charge in [-0.05, 0) is 6.42 Å². The molecule has 0 saturated heterocycles. The molecule has 0 rings (SSSR count). The molecule has 0 saturated carbocycles. The summed E-state index contributed by atoms with van der Waals surface area (Å²) in [6.07, 6.45) is 6.08. The van der Waals surface area contributed by atoms with Crippen molar-refractivity contribution in [3.05, 3.63) is 0 Å². The van der Waals surface area contributed by atoms with E-state index in [0.717, 1.165) is 6.42 Å². The first kappa shape index (κ1) is 28.7. The van der Waals surface area contributed by atoms with E-state index >= 15 is 0 Å². The number of hydrogen-bond donors (Lipinski definition) is 1. The van der Waals surface area contributed by atoms with E-state index in [2.05, 4.69) is 11.2 Å². The van der Waals surface area contributed by atoms with E-state index in [1.54, 1.807) is 0 Å². The first-order valence-corrected chi connectivity index (χ1v) is 7.20. The third kappa shape index (κ3) is 38.2. The smallest absolute Gasteiger partial charge is 0.781 e. The molecule has 1 N–H and O–H groups in total. The number of rotatable bonds is 7. The summed E-state index contributed by atoms with van der Waals surface area (Å²) in [7, 11) is -7.03. The van der Waals surface area contributed by atoms with E-state index < -0.39 is 16.5 Å². The van der Waals surface area contributed by atoms with E-state index in [9.17, 15) is 18.9 Å². The van der Waals surface area contributed by atoms with Crippen LogP contribution in [0, 0.1) is 0 Å². The molecule has 10 heteroatoms. The summed E-state index contributed by atoms with van der Waals surface area (Å²) in [5, 5.41) is 8.37. The summed E-state index contributed by atoms with van der Waals surface area (Å²) in [5.74, 6) is 0. The number of hydrogen-bond acceptors (Lipinski definition) is 6. The largest absolute Gasteiger partial charge is 1.00 e. The minimum absolute atomic E-state index is 0. The van der Waals surface area contributed by atoms with Crippen LogP contribution in [0.25, 0.3) is 0 Å². The maximum absolute atomic E-state index is 9.29. The standard InChI is InChI=1S/C7H16O.2K.H4O5P2/c1-2-3-4-5-6-7-8;;;1-6(2)5-7(3)4/h8H,2-7H2,1H3;;;6-7H,(H,1,2)(H,3,4)/q;2*+1;/p-2. The predicted octanol–water partition coefficient (Wildman–Crippen LogP) is -5.54. The van der Waals surface area contributed by atoms with Gasteiger partial charge in [-0.3, -0.25) is 4.31 Å². The molecule has 0 spiro atoms. The molecule has 0 aliphatic rings. The van der Waals surface area contributed by atoms with E-state index in [1.165, 1.54) is 25.7 Å². The molecule has 0 aromatic rings. The van der Waals surface area contributed by atoms with Crippen molar-refractivity contribution in [2.24, 2.45) is 0 Å². The van der Waals surface area contributed by atoms with Gasteiger partial charge in [-0.15, -0.1) is 0 Å². The molecule has 0 aliphatic carbocycles. The number of unbranched alkanes of at least 4 members (excludes halogenated alkanes) is 4. The van der Waals surface area contributed by atoms with Crippen LogP contribution >= 0.6 is 16.5 Å². The van der Waals surface area contributed by atoms with Gasteiger partial charge in [0.25, 0.3) is 0 Å². The number of aliphatic hydroxyl groups is 1. The van der Waals surface area contributed by atoms with Crippen LogP contribution in [0.3, 0.4) is 0 Å². The van der Waals surface area contributed by atoms with Crippen molar-refractivity contribution in [2.45, 2.75) is 39.0 Å². The summed E-state index contributed by atoms with van der Waals surface area (Å²) in [6, 6.07) is 0. The summed E-state index contributed by atoms with van der Waals surface area (Å²) < 4.78 is 21.8. The van der Waals surface area contributed by atoms with Crippen LogP contribution in [0.4, 0.5) is 0 Å². The Bertz CT molecular complexity index is 166. The summed E-state index contributed by atoms with van der Waals surface area (Å²) >= 11 is 0. The maximum atomic E-state index is 9.29. The molecule has 0 bridgehead atoms. The number of aliphatic hydroxyl groups excluding tert-OH is 1. The first-order valence-electron chi connectivity index (χ1n) is 4.75. The second kappa shape index (κ2) is 24.6. The van der Waals surface area contributed by atoms with E-state index in [4.69, 9.17) is 5.11 Å². The molecule has 0 fully saturated rings. The topological polar surface area (TPSA) is 110 Å². The van der Waals surface area contributed by atoms with Gasteiger partial charge in [0, 0.05) is 6.61 Å². The third-order valence-electron chi connectivity index (χ3n) is 1.43. The van der Waals surface area contributed by atoms with Crippen molar-refractivity contribution < 1.29 is 131 Å². The van der Waals surface area contributed by atoms with Crippen molar-refractivity contribution in [1.82, 2.24) is 0 Å². The molecule has 2 unspecified atom stereocenters. The second-order valence-corrected chi connectivity index (χ2v) is 4.56. The molecule has 0 aromatic carbocycles. The zero-order chi connectivity index (χ0) is 12.1. The minimum atomic E-state index is -3.51. The van der Waals surface area contributed by atoms with Crippen LogP contribution in [0.2, 0.25) is 0 Å². The molecule has 0 radical (unpaired) electrons. The van der Waals surface area contributed by atoms with Gasteiger partial charge in [-0.25, -0.2) is 0 Å². The van der Waals surface area contributed by atoms with Crippen molar-refractivity contribution in [3.63, 3.8) is 0 Å². The van der Waals surface area contributed by atoms with Crippen molar-refractivity contribution in [1.29, 1.82) is 0 Å². The van der Waals surface area contributed by atoms with Crippen LogP contribution in [0.1, 0.15) is 39.0 Å². The fraction of sp³-hybridized carbons (Fsp3) is 1.00. The summed E-state index contributed by atoms with van der Waals surface area (Å²) in [6.45, 7) is 2.56. The van der Waals surface area contributed by atoms with Crippen molar-refractivity contribution in [2.75, 3.05) is 6.61 Å². The Labute approximate surface area is 189 Å². The quantitative estimate of drug-likeness (QED) is 0.282. The summed E-state index contributed by atoms with van der Waals surface area (Å²) in [4.78, 5) is 18.6. The average Bonchev–Trinajstić information content (AvgIpc) is 2.11. The van der Waals surface area contributed by atoms with Crippen LogP contribution in [0.5, 0.6) is 0 Å². The molecule has 0 aromatic heterocycles. The molecule has 94 valence electrons. The normalized spacial score (nSPS) is 12.2. The zero-order valence-corrected chi connectivity index (χ0v) is 19.0. The molecule has 0 aliphatic heterocycles. The Kier molecular flexibility index (Phi) is 41.5. The average molecular weight is 338 g/mol. The fourth-order valence-corrected chi connectivity index (χ4v) is 1.33. The fourth-order valence-electron chi connectivity index (χ4n) is 0.783. The van der Waals surface area contributed by atoms with Gasteiger partial charge in [-0.2, -0.15) is 0 Å². The van der Waals surface area contributed by atoms with Gasteiger partial charge in [-0.1, -0.05) is 32.6 Å². The molecular weight excluding hydrogens is 320 g/mol. The van der Waals surface area contributed by atoms with Gasteiger partial charge in [0.1, 0.15) is 16.5 Å². The van der Waals surface area contributed by atoms with Crippen LogP contribution in [-0.4, -0.2) is 11.7 Å². The molecule has 17 heavy (non-hydrogen) atoms. The maximum Gasteiger partial charge on any atom is 1.00 e. The van der Waals surface area contributed by atoms with Crippen molar-refractivity contribution in [3.8, 4) is 0 Å². The van der Waals surface area contributed by atoms with Gasteiger partial charge >= 0.3 is 103 Å². The van der Waals surface area contributed by atoms with E-state index in [0.29, 0.717) is 6.61 Å². The monoisotopic (exact) mass is 338 g/mol. The predicted molar refractivity (Wildman–Crippen MR) is 54.9 cm³/mol. The Morgan fingerprint density at radius 3 is 1.65 bits per heavy atom. The van der Waals surface area contributed by atoms with Gasteiger partial charge in [0.05, 0.1) is 0 Å². The van der Waals surface area contributed by atoms with Crippen LogP contribution in [-0.2, 0) is 13.4 Å². The Morgan fingerprint density at radius 1 is 1.00 bits per heavy atom. The van der Waals surface area contributed by atoms with Gasteiger partial charge in [0.15, 0.2) is 0 Å². The molecule has 2 atom stereocenters. The zero-order valence-electron chi connectivity index (χ0n) is 10.7. The SMILES string of the molecule is CCCCCCCO.O=[PH]([O-])O[PH](=O)[O-].[K+].[K+]. The Morgan fingerprint density at radius 2 is 1.41 bits per heavy atom.